The zero-order valence-electron chi connectivity index (χ0n) is 10.5. The van der Waals surface area contributed by atoms with E-state index in [1.165, 1.54) is 0 Å². The molecule has 3 heterocycles. The van der Waals surface area contributed by atoms with Crippen LogP contribution >= 0.6 is 23.6 Å². The maximum absolute atomic E-state index is 9.50. The highest BCUT2D eigenvalue weighted by Gasteiger charge is 2.17. The van der Waals surface area contributed by atoms with Gasteiger partial charge in [0.05, 0.1) is 17.6 Å². The van der Waals surface area contributed by atoms with Crippen LogP contribution in [0.3, 0.4) is 0 Å². The van der Waals surface area contributed by atoms with Gasteiger partial charge < -0.3 is 5.11 Å². The summed E-state index contributed by atoms with van der Waals surface area (Å²) in [5, 5.41) is 14.8. The predicted molar refractivity (Wildman–Crippen MR) is 77.5 cm³/mol. The van der Waals surface area contributed by atoms with Gasteiger partial charge in [-0.05, 0) is 36.5 Å². The molecule has 5 nitrogen and oxygen atoms in total. The number of aromatic amines is 1. The number of thiophene rings is 1. The van der Waals surface area contributed by atoms with E-state index in [0.29, 0.717) is 11.4 Å². The van der Waals surface area contributed by atoms with Crippen LogP contribution in [0.25, 0.3) is 10.7 Å². The highest BCUT2D eigenvalue weighted by molar-refractivity contribution is 7.71. The lowest BCUT2D eigenvalue weighted by Crippen LogP contribution is -2.37. The first-order valence-corrected chi connectivity index (χ1v) is 7.62. The van der Waals surface area contributed by atoms with Crippen molar-refractivity contribution in [2.24, 2.45) is 0 Å². The molecule has 7 heteroatoms. The van der Waals surface area contributed by atoms with Crippen molar-refractivity contribution in [2.75, 3.05) is 13.1 Å². The quantitative estimate of drug-likeness (QED) is 0.852. The molecular weight excluding hydrogens is 280 g/mol. The number of rotatable bonds is 3. The summed E-state index contributed by atoms with van der Waals surface area (Å²) >= 11 is 6.93. The van der Waals surface area contributed by atoms with Gasteiger partial charge in [0.2, 0.25) is 4.77 Å². The number of aliphatic hydroxyl groups is 1. The molecule has 0 bridgehead atoms. The smallest absolute Gasteiger partial charge is 0.217 e. The average molecular weight is 296 g/mol. The summed E-state index contributed by atoms with van der Waals surface area (Å²) in [5.74, 6) is 0.831. The fourth-order valence-corrected chi connectivity index (χ4v) is 3.10. The van der Waals surface area contributed by atoms with Gasteiger partial charge in [0, 0.05) is 13.1 Å². The minimum absolute atomic E-state index is 0.146. The van der Waals surface area contributed by atoms with Crippen LogP contribution in [-0.2, 0) is 6.67 Å². The van der Waals surface area contributed by atoms with Crippen molar-refractivity contribution in [3.8, 4) is 10.7 Å². The van der Waals surface area contributed by atoms with Gasteiger partial charge in [-0.3, -0.25) is 10.00 Å². The number of aromatic nitrogens is 3. The standard InChI is InChI=1S/C12H16N4OS2/c17-9-3-5-15(6-4-9)8-16-12(18)13-11(14-16)10-2-1-7-19-10/h1-2,7,9,17H,3-6,8H2,(H,13,14,18). The molecule has 1 saturated heterocycles. The number of H-pyrrole nitrogens is 1. The summed E-state index contributed by atoms with van der Waals surface area (Å²) < 4.78 is 2.47. The second kappa shape index (κ2) is 5.54. The number of nitrogens with one attached hydrogen (secondary N) is 1. The largest absolute Gasteiger partial charge is 0.393 e. The molecule has 2 N–H and O–H groups in total. The van der Waals surface area contributed by atoms with Crippen LogP contribution in [0.4, 0.5) is 0 Å². The van der Waals surface area contributed by atoms with Gasteiger partial charge in [0.25, 0.3) is 0 Å². The third-order valence-electron chi connectivity index (χ3n) is 3.33. The molecular formula is C12H16N4OS2. The van der Waals surface area contributed by atoms with Crippen molar-refractivity contribution in [3.63, 3.8) is 0 Å². The molecule has 102 valence electrons. The number of piperidine rings is 1. The Morgan fingerprint density at radius 3 is 2.95 bits per heavy atom. The monoisotopic (exact) mass is 296 g/mol. The summed E-state index contributed by atoms with van der Waals surface area (Å²) in [5.41, 5.74) is 0. The molecule has 2 aromatic heterocycles. The molecule has 0 amide bonds. The fraction of sp³-hybridized carbons (Fsp3) is 0.500. The third kappa shape index (κ3) is 2.94. The van der Waals surface area contributed by atoms with E-state index in [9.17, 15) is 5.11 Å². The zero-order valence-corrected chi connectivity index (χ0v) is 12.1. The molecule has 0 radical (unpaired) electrons. The van der Waals surface area contributed by atoms with Crippen molar-refractivity contribution in [2.45, 2.75) is 25.6 Å². The topological polar surface area (TPSA) is 57.1 Å². The molecule has 1 fully saturated rings. The van der Waals surface area contributed by atoms with E-state index in [1.807, 2.05) is 22.2 Å². The van der Waals surface area contributed by atoms with Gasteiger partial charge in [-0.1, -0.05) is 6.07 Å². The Labute approximate surface area is 120 Å². The lowest BCUT2D eigenvalue weighted by molar-refractivity contribution is 0.0651. The van der Waals surface area contributed by atoms with Gasteiger partial charge >= 0.3 is 0 Å². The van der Waals surface area contributed by atoms with Crippen molar-refractivity contribution < 1.29 is 5.11 Å². The van der Waals surface area contributed by atoms with Crippen molar-refractivity contribution in [1.29, 1.82) is 0 Å². The minimum Gasteiger partial charge on any atom is -0.393 e. The molecule has 1 aliphatic heterocycles. The van der Waals surface area contributed by atoms with Gasteiger partial charge in [-0.15, -0.1) is 11.3 Å². The van der Waals surface area contributed by atoms with Crippen molar-refractivity contribution in [1.82, 2.24) is 19.7 Å². The maximum atomic E-state index is 9.50. The maximum Gasteiger partial charge on any atom is 0.217 e. The highest BCUT2D eigenvalue weighted by Crippen LogP contribution is 2.21. The summed E-state index contributed by atoms with van der Waals surface area (Å²) in [6, 6.07) is 4.03. The van der Waals surface area contributed by atoms with Crippen LogP contribution in [0.5, 0.6) is 0 Å². The first-order chi connectivity index (χ1) is 9.22. The van der Waals surface area contributed by atoms with Crippen LogP contribution in [-0.4, -0.2) is 44.0 Å². The van der Waals surface area contributed by atoms with Crippen LogP contribution in [0, 0.1) is 4.77 Å². The Balaban J connectivity index is 1.73. The van der Waals surface area contributed by atoms with E-state index in [2.05, 4.69) is 15.0 Å². The highest BCUT2D eigenvalue weighted by atomic mass is 32.1. The van der Waals surface area contributed by atoms with Gasteiger partial charge in [-0.25, -0.2) is 4.68 Å². The van der Waals surface area contributed by atoms with E-state index in [1.54, 1.807) is 11.3 Å². The Kier molecular flexibility index (Phi) is 3.79. The molecule has 2 aromatic rings. The number of aliphatic hydroxyl groups excluding tert-OH is 1. The number of hydrogen-bond donors (Lipinski definition) is 2. The molecule has 0 spiro atoms. The fourth-order valence-electron chi connectivity index (χ4n) is 2.24. The molecule has 3 rings (SSSR count). The first-order valence-electron chi connectivity index (χ1n) is 6.33. The summed E-state index contributed by atoms with van der Waals surface area (Å²) in [7, 11) is 0. The summed E-state index contributed by atoms with van der Waals surface area (Å²) in [6.45, 7) is 2.51. The second-order valence-corrected chi connectivity index (χ2v) is 6.06. The van der Waals surface area contributed by atoms with E-state index >= 15 is 0 Å². The predicted octanol–water partition coefficient (Wildman–Crippen LogP) is 2.08. The van der Waals surface area contributed by atoms with Gasteiger partial charge in [0.15, 0.2) is 5.82 Å². The Hall–Kier alpha value is -1.02. The Morgan fingerprint density at radius 2 is 2.26 bits per heavy atom. The summed E-state index contributed by atoms with van der Waals surface area (Å²) in [4.78, 5) is 7.76. The number of hydrogen-bond acceptors (Lipinski definition) is 5. The SMILES string of the molecule is OC1CCN(Cn2[nH]c(-c3cccs3)nc2=S)CC1. The third-order valence-corrected chi connectivity index (χ3v) is 4.52. The lowest BCUT2D eigenvalue weighted by Gasteiger charge is -2.29. The average Bonchev–Trinajstić information content (AvgIpc) is 3.03. The van der Waals surface area contributed by atoms with E-state index in [4.69, 9.17) is 12.2 Å². The summed E-state index contributed by atoms with van der Waals surface area (Å²) in [6.07, 6.45) is 1.52. The normalized spacial score (nSPS) is 17.9. The zero-order chi connectivity index (χ0) is 13.2. The van der Waals surface area contributed by atoms with Gasteiger partial charge in [-0.2, -0.15) is 4.98 Å². The van der Waals surface area contributed by atoms with E-state index < -0.39 is 0 Å². The molecule has 0 unspecified atom stereocenters. The Bertz CT molecular complexity index is 581. The Morgan fingerprint density at radius 1 is 1.47 bits per heavy atom. The molecule has 0 atom stereocenters. The van der Waals surface area contributed by atoms with Crippen LogP contribution < -0.4 is 0 Å². The lowest BCUT2D eigenvalue weighted by atomic mass is 10.1. The molecule has 1 aliphatic rings. The molecule has 0 aromatic carbocycles. The molecule has 0 aliphatic carbocycles. The second-order valence-electron chi connectivity index (χ2n) is 4.75. The van der Waals surface area contributed by atoms with Crippen LogP contribution in [0.1, 0.15) is 12.8 Å². The number of nitrogens with zero attached hydrogens (tertiary/aromatic N) is 3. The van der Waals surface area contributed by atoms with E-state index in [0.717, 1.165) is 36.6 Å². The van der Waals surface area contributed by atoms with E-state index in [-0.39, 0.29) is 6.10 Å². The van der Waals surface area contributed by atoms with Crippen molar-refractivity contribution >= 4 is 23.6 Å². The minimum atomic E-state index is -0.146. The van der Waals surface area contributed by atoms with Crippen LogP contribution in [0.15, 0.2) is 17.5 Å². The molecule has 19 heavy (non-hydrogen) atoms. The van der Waals surface area contributed by atoms with Crippen LogP contribution in [0.2, 0.25) is 0 Å². The molecule has 0 saturated carbocycles. The van der Waals surface area contributed by atoms with Gasteiger partial charge in [0.1, 0.15) is 0 Å². The van der Waals surface area contributed by atoms with Crippen molar-refractivity contribution in [3.05, 3.63) is 22.3 Å². The first kappa shape index (κ1) is 13.0. The number of likely N-dealkylation sites (tertiary alicyclic amines) is 1.